The number of nitrogens with zero attached hydrogens (tertiary/aromatic N) is 2. The van der Waals surface area contributed by atoms with Gasteiger partial charge in [0.25, 0.3) is 0 Å². The van der Waals surface area contributed by atoms with Gasteiger partial charge in [-0.1, -0.05) is 0 Å². The minimum absolute atomic E-state index is 0.0902. The Labute approximate surface area is 58.6 Å². The van der Waals surface area contributed by atoms with Crippen molar-refractivity contribution in [2.45, 2.75) is 12.6 Å². The molecule has 1 aromatic rings. The van der Waals surface area contributed by atoms with Gasteiger partial charge in [0.2, 0.25) is 5.88 Å². The Morgan fingerprint density at radius 3 is 3.60 bits per heavy atom. The number of aromatic nitrogens is 2. The van der Waals surface area contributed by atoms with E-state index in [4.69, 9.17) is 10.5 Å². The number of rotatable bonds is 0. The Balaban J connectivity index is 2.30. The zero-order valence-corrected chi connectivity index (χ0v) is 5.53. The van der Waals surface area contributed by atoms with Crippen LogP contribution < -0.4 is 10.5 Å². The van der Waals surface area contributed by atoms with Gasteiger partial charge in [-0.05, 0) is 0 Å². The van der Waals surface area contributed by atoms with Crippen molar-refractivity contribution in [2.75, 3.05) is 6.61 Å². The number of nitrogens with two attached hydrogens (primary N) is 1. The van der Waals surface area contributed by atoms with Gasteiger partial charge in [0, 0.05) is 6.07 Å². The predicted octanol–water partition coefficient (Wildman–Crippen LogP) is -0.397. The lowest BCUT2D eigenvalue weighted by molar-refractivity contribution is 0.206. The van der Waals surface area contributed by atoms with Crippen LogP contribution in [0.1, 0.15) is 0 Å². The van der Waals surface area contributed by atoms with E-state index >= 15 is 0 Å². The van der Waals surface area contributed by atoms with Gasteiger partial charge in [0.15, 0.2) is 0 Å². The van der Waals surface area contributed by atoms with E-state index in [0.29, 0.717) is 6.61 Å². The van der Waals surface area contributed by atoms with Gasteiger partial charge in [-0.25, -0.2) is 4.68 Å². The maximum absolute atomic E-state index is 5.62. The highest BCUT2D eigenvalue weighted by Crippen LogP contribution is 2.13. The molecule has 2 rings (SSSR count). The molecule has 0 bridgehead atoms. The van der Waals surface area contributed by atoms with Crippen LogP contribution in [-0.2, 0) is 6.54 Å². The Bertz CT molecular complexity index is 233. The molecule has 1 aliphatic heterocycles. The molecule has 2 N–H and O–H groups in total. The Kier molecular flexibility index (Phi) is 1.14. The first kappa shape index (κ1) is 5.73. The molecule has 0 spiro atoms. The summed E-state index contributed by atoms with van der Waals surface area (Å²) in [6.07, 6.45) is 1.72. The largest absolute Gasteiger partial charge is 0.476 e. The molecule has 0 amide bonds. The molecule has 0 saturated carbocycles. The summed E-state index contributed by atoms with van der Waals surface area (Å²) in [6, 6.07) is 1.93. The summed E-state index contributed by atoms with van der Waals surface area (Å²) < 4.78 is 7.02. The zero-order valence-electron chi connectivity index (χ0n) is 5.53. The third kappa shape index (κ3) is 0.769. The third-order valence-corrected chi connectivity index (χ3v) is 1.53. The van der Waals surface area contributed by atoms with Gasteiger partial charge in [0.05, 0.1) is 18.8 Å². The van der Waals surface area contributed by atoms with Gasteiger partial charge in [-0.2, -0.15) is 5.10 Å². The molecule has 1 atom stereocenters. The maximum atomic E-state index is 5.62. The van der Waals surface area contributed by atoms with Crippen molar-refractivity contribution in [1.29, 1.82) is 0 Å². The second kappa shape index (κ2) is 1.98. The topological polar surface area (TPSA) is 53.1 Å². The van der Waals surface area contributed by atoms with Gasteiger partial charge >= 0.3 is 0 Å². The second-order valence-electron chi connectivity index (χ2n) is 2.42. The molecule has 1 aliphatic rings. The monoisotopic (exact) mass is 139 g/mol. The van der Waals surface area contributed by atoms with Crippen LogP contribution in [-0.4, -0.2) is 22.4 Å². The maximum Gasteiger partial charge on any atom is 0.211 e. The molecule has 4 nitrogen and oxygen atoms in total. The van der Waals surface area contributed by atoms with Gasteiger partial charge in [-0.3, -0.25) is 0 Å². The normalized spacial score (nSPS) is 23.5. The SMILES string of the molecule is NC1COc2ccnn2C1. The fraction of sp³-hybridized carbons (Fsp3) is 0.500. The van der Waals surface area contributed by atoms with Crippen molar-refractivity contribution < 1.29 is 4.74 Å². The molecule has 0 saturated heterocycles. The van der Waals surface area contributed by atoms with E-state index in [0.717, 1.165) is 12.4 Å². The molecule has 1 aromatic heterocycles. The first-order valence-corrected chi connectivity index (χ1v) is 3.26. The van der Waals surface area contributed by atoms with Crippen molar-refractivity contribution in [3.05, 3.63) is 12.3 Å². The number of hydrogen-bond acceptors (Lipinski definition) is 3. The molecule has 2 heterocycles. The van der Waals surface area contributed by atoms with Crippen molar-refractivity contribution in [3.63, 3.8) is 0 Å². The van der Waals surface area contributed by atoms with E-state index in [1.807, 2.05) is 6.07 Å². The van der Waals surface area contributed by atoms with Gasteiger partial charge in [0.1, 0.15) is 6.61 Å². The van der Waals surface area contributed by atoms with Crippen LogP contribution in [0.5, 0.6) is 5.88 Å². The minimum atomic E-state index is 0.0902. The Morgan fingerprint density at radius 1 is 1.80 bits per heavy atom. The van der Waals surface area contributed by atoms with Crippen molar-refractivity contribution in [2.24, 2.45) is 5.73 Å². The molecule has 0 aromatic carbocycles. The second-order valence-corrected chi connectivity index (χ2v) is 2.42. The number of hydrogen-bond donors (Lipinski definition) is 1. The third-order valence-electron chi connectivity index (χ3n) is 1.53. The zero-order chi connectivity index (χ0) is 6.97. The van der Waals surface area contributed by atoms with Crippen molar-refractivity contribution in [1.82, 2.24) is 9.78 Å². The standard InChI is InChI=1S/C6H9N3O/c7-5-3-9-6(10-4-5)1-2-8-9/h1-2,5H,3-4,7H2. The molecule has 0 aliphatic carbocycles. The summed E-state index contributed by atoms with van der Waals surface area (Å²) >= 11 is 0. The highest BCUT2D eigenvalue weighted by molar-refractivity contribution is 5.09. The molecule has 10 heavy (non-hydrogen) atoms. The Hall–Kier alpha value is -1.03. The van der Waals surface area contributed by atoms with Crippen LogP contribution in [0.25, 0.3) is 0 Å². The number of fused-ring (bicyclic) bond motifs is 1. The van der Waals surface area contributed by atoms with E-state index in [2.05, 4.69) is 5.10 Å². The fourth-order valence-electron chi connectivity index (χ4n) is 1.05. The average Bonchev–Trinajstić information content (AvgIpc) is 2.33. The first-order valence-electron chi connectivity index (χ1n) is 3.26. The smallest absolute Gasteiger partial charge is 0.211 e. The van der Waals surface area contributed by atoms with E-state index in [1.165, 1.54) is 0 Å². The summed E-state index contributed by atoms with van der Waals surface area (Å²) in [7, 11) is 0. The van der Waals surface area contributed by atoms with E-state index < -0.39 is 0 Å². The van der Waals surface area contributed by atoms with Crippen molar-refractivity contribution in [3.8, 4) is 5.88 Å². The van der Waals surface area contributed by atoms with Crippen LogP contribution in [0.15, 0.2) is 12.3 Å². The number of ether oxygens (including phenoxy) is 1. The molecule has 0 radical (unpaired) electrons. The molecular weight excluding hydrogens is 130 g/mol. The van der Waals surface area contributed by atoms with Gasteiger partial charge < -0.3 is 10.5 Å². The molecule has 4 heteroatoms. The summed E-state index contributed by atoms with van der Waals surface area (Å²) in [5, 5.41) is 4.02. The highest BCUT2D eigenvalue weighted by atomic mass is 16.5. The summed E-state index contributed by atoms with van der Waals surface area (Å²) in [4.78, 5) is 0. The van der Waals surface area contributed by atoms with Crippen LogP contribution >= 0.6 is 0 Å². The van der Waals surface area contributed by atoms with Crippen LogP contribution in [0.3, 0.4) is 0 Å². The predicted molar refractivity (Wildman–Crippen MR) is 35.7 cm³/mol. The van der Waals surface area contributed by atoms with Crippen LogP contribution in [0, 0.1) is 0 Å². The quantitative estimate of drug-likeness (QED) is 0.532. The van der Waals surface area contributed by atoms with Crippen LogP contribution in [0.4, 0.5) is 0 Å². The minimum Gasteiger partial charge on any atom is -0.476 e. The lowest BCUT2D eigenvalue weighted by Crippen LogP contribution is -2.37. The first-order chi connectivity index (χ1) is 4.86. The summed E-state index contributed by atoms with van der Waals surface area (Å²) in [5.41, 5.74) is 5.62. The fourth-order valence-corrected chi connectivity index (χ4v) is 1.05. The Morgan fingerprint density at radius 2 is 2.70 bits per heavy atom. The molecule has 54 valence electrons. The summed E-state index contributed by atoms with van der Waals surface area (Å²) in [6.45, 7) is 1.37. The van der Waals surface area contributed by atoms with E-state index in [9.17, 15) is 0 Å². The lowest BCUT2D eigenvalue weighted by atomic mass is 10.3. The molecule has 0 fully saturated rings. The summed E-state index contributed by atoms with van der Waals surface area (Å²) in [5.74, 6) is 0.821. The van der Waals surface area contributed by atoms with Crippen LogP contribution in [0.2, 0.25) is 0 Å². The molecular formula is C6H9N3O. The highest BCUT2D eigenvalue weighted by Gasteiger charge is 2.15. The molecule has 1 unspecified atom stereocenters. The van der Waals surface area contributed by atoms with Gasteiger partial charge in [-0.15, -0.1) is 0 Å². The lowest BCUT2D eigenvalue weighted by Gasteiger charge is -2.20. The van der Waals surface area contributed by atoms with E-state index in [1.54, 1.807) is 10.9 Å². The van der Waals surface area contributed by atoms with E-state index in [-0.39, 0.29) is 6.04 Å². The average molecular weight is 139 g/mol. The van der Waals surface area contributed by atoms with Crippen molar-refractivity contribution >= 4 is 0 Å².